The largest absolute Gasteiger partial charge is 0.447 e. The molecular formula is C24H27N7O4. The first-order valence-electron chi connectivity index (χ1n) is 11.6. The molecule has 1 N–H and O–H groups in total. The number of ether oxygens (including phenoxy) is 2. The molecule has 182 valence electrons. The van der Waals surface area contributed by atoms with Gasteiger partial charge in [0.05, 0.1) is 6.61 Å². The molecular weight excluding hydrogens is 450 g/mol. The first-order valence-corrected chi connectivity index (χ1v) is 11.6. The highest BCUT2D eigenvalue weighted by molar-refractivity contribution is 6.02. The summed E-state index contributed by atoms with van der Waals surface area (Å²) >= 11 is 0. The van der Waals surface area contributed by atoms with E-state index in [2.05, 4.69) is 37.0 Å². The number of fused-ring (bicyclic) bond motifs is 2. The maximum absolute atomic E-state index is 13.0. The molecule has 5 rings (SSSR count). The number of hydrogen-bond acceptors (Lipinski definition) is 8. The average molecular weight is 478 g/mol. The molecule has 0 spiro atoms. The Balaban J connectivity index is 1.29. The summed E-state index contributed by atoms with van der Waals surface area (Å²) in [6, 6.07) is 7.44. The topological polar surface area (TPSA) is 124 Å². The van der Waals surface area contributed by atoms with Crippen molar-refractivity contribution in [3.63, 3.8) is 0 Å². The molecule has 2 aliphatic heterocycles. The summed E-state index contributed by atoms with van der Waals surface area (Å²) < 4.78 is 12.2. The molecule has 0 saturated heterocycles. The van der Waals surface area contributed by atoms with E-state index in [1.54, 1.807) is 30.3 Å². The van der Waals surface area contributed by atoms with Gasteiger partial charge in [-0.2, -0.15) is 0 Å². The van der Waals surface area contributed by atoms with Crippen molar-refractivity contribution < 1.29 is 19.1 Å². The van der Waals surface area contributed by atoms with Gasteiger partial charge in [0, 0.05) is 38.9 Å². The number of carbonyl (C=O) groups is 2. The third-order valence-corrected chi connectivity index (χ3v) is 6.31. The predicted molar refractivity (Wildman–Crippen MR) is 126 cm³/mol. The Labute approximate surface area is 202 Å². The van der Waals surface area contributed by atoms with Gasteiger partial charge in [-0.3, -0.25) is 9.78 Å². The van der Waals surface area contributed by atoms with Crippen LogP contribution in [-0.4, -0.2) is 68.5 Å². The van der Waals surface area contributed by atoms with E-state index in [0.717, 1.165) is 29.8 Å². The summed E-state index contributed by atoms with van der Waals surface area (Å²) in [5, 5.41) is 11.4. The lowest BCUT2D eigenvalue weighted by Crippen LogP contribution is -2.37. The monoisotopic (exact) mass is 477 g/mol. The molecule has 5 heterocycles. The van der Waals surface area contributed by atoms with Crippen molar-refractivity contribution in [3.8, 4) is 11.5 Å². The van der Waals surface area contributed by atoms with E-state index in [1.807, 2.05) is 12.1 Å². The second-order valence-corrected chi connectivity index (χ2v) is 8.68. The van der Waals surface area contributed by atoms with Crippen molar-refractivity contribution in [1.29, 1.82) is 0 Å². The minimum absolute atomic E-state index is 0.200. The van der Waals surface area contributed by atoms with E-state index < -0.39 is 6.09 Å². The van der Waals surface area contributed by atoms with Gasteiger partial charge in [0.1, 0.15) is 29.6 Å². The van der Waals surface area contributed by atoms with Crippen LogP contribution in [-0.2, 0) is 28.9 Å². The number of anilines is 1. The first-order chi connectivity index (χ1) is 17.0. The molecule has 0 bridgehead atoms. The highest BCUT2D eigenvalue weighted by Crippen LogP contribution is 2.30. The Bertz CT molecular complexity index is 1260. The zero-order valence-electron chi connectivity index (χ0n) is 19.7. The number of nitrogens with one attached hydrogen (secondary N) is 1. The molecule has 0 radical (unpaired) electrons. The van der Waals surface area contributed by atoms with Crippen molar-refractivity contribution in [2.45, 2.75) is 38.8 Å². The molecule has 0 fully saturated rings. The van der Waals surface area contributed by atoms with Crippen LogP contribution in [0.15, 0.2) is 30.5 Å². The highest BCUT2D eigenvalue weighted by atomic mass is 16.6. The fourth-order valence-corrected chi connectivity index (χ4v) is 4.43. The van der Waals surface area contributed by atoms with E-state index in [1.165, 1.54) is 0 Å². The number of pyridine rings is 2. The normalized spacial score (nSPS) is 16.5. The molecule has 0 aromatic carbocycles. The lowest BCUT2D eigenvalue weighted by Gasteiger charge is -2.28. The zero-order valence-corrected chi connectivity index (χ0v) is 19.7. The SMILES string of the molecule is COCCOC(=O)N1CCc2cnc(C(=O)Nc3cccc(-c4nnc5n4C(C)CC5)n3)cc2C1. The van der Waals surface area contributed by atoms with Crippen molar-refractivity contribution in [1.82, 2.24) is 29.6 Å². The molecule has 35 heavy (non-hydrogen) atoms. The Kier molecular flexibility index (Phi) is 6.41. The van der Waals surface area contributed by atoms with E-state index in [0.29, 0.717) is 49.5 Å². The lowest BCUT2D eigenvalue weighted by atomic mass is 10.0. The van der Waals surface area contributed by atoms with Crippen LogP contribution in [0, 0.1) is 0 Å². The fraction of sp³-hybridized carbons (Fsp3) is 0.417. The van der Waals surface area contributed by atoms with Crippen molar-refractivity contribution in [3.05, 3.63) is 53.1 Å². The summed E-state index contributed by atoms with van der Waals surface area (Å²) in [7, 11) is 1.55. The zero-order chi connectivity index (χ0) is 24.4. The summed E-state index contributed by atoms with van der Waals surface area (Å²) in [5.41, 5.74) is 2.78. The molecule has 2 aliphatic rings. The summed E-state index contributed by atoms with van der Waals surface area (Å²) in [5.74, 6) is 1.68. The smallest absolute Gasteiger partial charge is 0.410 e. The minimum Gasteiger partial charge on any atom is -0.447 e. The van der Waals surface area contributed by atoms with Gasteiger partial charge in [-0.1, -0.05) is 6.07 Å². The van der Waals surface area contributed by atoms with Gasteiger partial charge < -0.3 is 24.3 Å². The minimum atomic E-state index is -0.397. The quantitative estimate of drug-likeness (QED) is 0.537. The van der Waals surface area contributed by atoms with E-state index in [9.17, 15) is 9.59 Å². The van der Waals surface area contributed by atoms with E-state index in [-0.39, 0.29) is 18.2 Å². The Morgan fingerprint density at radius 3 is 2.91 bits per heavy atom. The third kappa shape index (κ3) is 4.72. The standard InChI is InChI=1S/C24H27N7O4/c1-15-6-7-21-28-29-22(31(15)21)18-4-3-5-20(26-18)27-23(32)19-12-17-14-30(9-8-16(17)13-25-19)24(33)35-11-10-34-2/h3-5,12-13,15H,6-11,14H2,1-2H3,(H,26,27,32). The number of rotatable bonds is 6. The summed E-state index contributed by atoms with van der Waals surface area (Å²) in [4.78, 5) is 35.8. The molecule has 1 unspecified atom stereocenters. The number of amides is 2. The molecule has 3 aromatic heterocycles. The highest BCUT2D eigenvalue weighted by Gasteiger charge is 2.26. The Hall–Kier alpha value is -3.86. The van der Waals surface area contributed by atoms with Crippen LogP contribution in [0.5, 0.6) is 0 Å². The van der Waals surface area contributed by atoms with Crippen LogP contribution in [0.3, 0.4) is 0 Å². The average Bonchev–Trinajstić information content (AvgIpc) is 3.46. The Morgan fingerprint density at radius 2 is 2.06 bits per heavy atom. The molecule has 1 atom stereocenters. The van der Waals surface area contributed by atoms with Gasteiger partial charge in [0.15, 0.2) is 5.82 Å². The van der Waals surface area contributed by atoms with Crippen molar-refractivity contribution in [2.75, 3.05) is 32.2 Å². The second kappa shape index (κ2) is 9.79. The van der Waals surface area contributed by atoms with Crippen LogP contribution >= 0.6 is 0 Å². The maximum atomic E-state index is 13.0. The molecule has 11 heteroatoms. The van der Waals surface area contributed by atoms with Gasteiger partial charge in [-0.25, -0.2) is 9.78 Å². The van der Waals surface area contributed by atoms with Gasteiger partial charge in [-0.05, 0) is 49.1 Å². The third-order valence-electron chi connectivity index (χ3n) is 6.31. The van der Waals surface area contributed by atoms with E-state index in [4.69, 9.17) is 9.47 Å². The lowest BCUT2D eigenvalue weighted by molar-refractivity contribution is 0.0688. The molecule has 11 nitrogen and oxygen atoms in total. The fourth-order valence-electron chi connectivity index (χ4n) is 4.43. The van der Waals surface area contributed by atoms with Crippen molar-refractivity contribution >= 4 is 17.8 Å². The van der Waals surface area contributed by atoms with Gasteiger partial charge in [0.2, 0.25) is 0 Å². The van der Waals surface area contributed by atoms with Gasteiger partial charge in [-0.15, -0.1) is 10.2 Å². The van der Waals surface area contributed by atoms with Crippen molar-refractivity contribution in [2.24, 2.45) is 0 Å². The van der Waals surface area contributed by atoms with Crippen LogP contribution in [0.4, 0.5) is 10.6 Å². The predicted octanol–water partition coefficient (Wildman–Crippen LogP) is 2.64. The summed E-state index contributed by atoms with van der Waals surface area (Å²) in [6.45, 7) is 3.57. The number of carbonyl (C=O) groups excluding carboxylic acids is 2. The first kappa shape index (κ1) is 22.9. The molecule has 0 aliphatic carbocycles. The number of nitrogens with zero attached hydrogens (tertiary/aromatic N) is 6. The van der Waals surface area contributed by atoms with Gasteiger partial charge >= 0.3 is 6.09 Å². The number of aromatic nitrogens is 5. The second-order valence-electron chi connectivity index (χ2n) is 8.68. The number of methoxy groups -OCH3 is 1. The van der Waals surface area contributed by atoms with Crippen LogP contribution in [0.25, 0.3) is 11.5 Å². The van der Waals surface area contributed by atoms with Crippen LogP contribution < -0.4 is 5.32 Å². The summed E-state index contributed by atoms with van der Waals surface area (Å²) in [6.07, 6.45) is 3.87. The van der Waals surface area contributed by atoms with Crippen LogP contribution in [0.2, 0.25) is 0 Å². The molecule has 2 amide bonds. The molecule has 0 saturated carbocycles. The number of hydrogen-bond donors (Lipinski definition) is 1. The van der Waals surface area contributed by atoms with Gasteiger partial charge in [0.25, 0.3) is 5.91 Å². The maximum Gasteiger partial charge on any atom is 0.410 e. The van der Waals surface area contributed by atoms with Crippen LogP contribution in [0.1, 0.15) is 46.8 Å². The van der Waals surface area contributed by atoms with E-state index >= 15 is 0 Å². The molecule has 3 aromatic rings. The Morgan fingerprint density at radius 1 is 1.17 bits per heavy atom. The number of aryl methyl sites for hydroxylation is 1.